The standard InChI is InChI=1S/C30H21N5/c1-19-32-20(2)34-30(33-19)27-17-24(14-12-23(27)18-31)35-28-11-7-6-10-25(28)26-15-13-22(16-29(26)35)21-8-4-3-5-9-21/h3-17H,1-2H3. The van der Waals surface area contributed by atoms with Crippen LogP contribution in [0.3, 0.4) is 0 Å². The van der Waals surface area contributed by atoms with Gasteiger partial charge in [-0.1, -0.05) is 60.7 Å². The summed E-state index contributed by atoms with van der Waals surface area (Å²) in [6.07, 6.45) is 0. The van der Waals surface area contributed by atoms with Crippen LogP contribution in [-0.4, -0.2) is 19.5 Å². The molecule has 0 saturated heterocycles. The Bertz CT molecular complexity index is 1750. The number of hydrogen-bond acceptors (Lipinski definition) is 4. The Balaban J connectivity index is 1.65. The van der Waals surface area contributed by atoms with Gasteiger partial charge in [-0.15, -0.1) is 0 Å². The topological polar surface area (TPSA) is 67.4 Å². The van der Waals surface area contributed by atoms with E-state index in [1.165, 1.54) is 16.3 Å². The van der Waals surface area contributed by atoms with Crippen LogP contribution < -0.4 is 0 Å². The van der Waals surface area contributed by atoms with E-state index in [0.717, 1.165) is 22.3 Å². The molecule has 6 aromatic rings. The van der Waals surface area contributed by atoms with Crippen molar-refractivity contribution < 1.29 is 0 Å². The molecule has 35 heavy (non-hydrogen) atoms. The zero-order valence-electron chi connectivity index (χ0n) is 19.4. The van der Waals surface area contributed by atoms with Crippen molar-refractivity contribution in [2.24, 2.45) is 0 Å². The second kappa shape index (κ2) is 8.19. The summed E-state index contributed by atoms with van der Waals surface area (Å²) in [6.45, 7) is 3.68. The third kappa shape index (κ3) is 3.53. The van der Waals surface area contributed by atoms with Gasteiger partial charge in [-0.2, -0.15) is 5.26 Å². The number of nitrogens with zero attached hydrogens (tertiary/aromatic N) is 5. The van der Waals surface area contributed by atoms with Gasteiger partial charge in [-0.05, 0) is 55.3 Å². The van der Waals surface area contributed by atoms with Crippen LogP contribution in [0.15, 0.2) is 91.0 Å². The number of aryl methyl sites for hydroxylation is 2. The van der Waals surface area contributed by atoms with Crippen molar-refractivity contribution in [1.82, 2.24) is 19.5 Å². The zero-order valence-corrected chi connectivity index (χ0v) is 19.4. The fraction of sp³-hybridized carbons (Fsp3) is 0.0667. The summed E-state index contributed by atoms with van der Waals surface area (Å²) in [5.74, 6) is 1.77. The van der Waals surface area contributed by atoms with Gasteiger partial charge < -0.3 is 4.57 Å². The van der Waals surface area contributed by atoms with Crippen molar-refractivity contribution in [2.45, 2.75) is 13.8 Å². The number of aromatic nitrogens is 4. The molecule has 2 heterocycles. The minimum Gasteiger partial charge on any atom is -0.309 e. The molecule has 0 spiro atoms. The first-order valence-electron chi connectivity index (χ1n) is 11.5. The summed E-state index contributed by atoms with van der Waals surface area (Å²) in [6, 6.07) is 33.5. The molecule has 0 N–H and O–H groups in total. The normalized spacial score (nSPS) is 11.1. The van der Waals surface area contributed by atoms with E-state index >= 15 is 0 Å². The Morgan fingerprint density at radius 1 is 0.657 bits per heavy atom. The monoisotopic (exact) mass is 451 g/mol. The molecule has 0 bridgehead atoms. The lowest BCUT2D eigenvalue weighted by Crippen LogP contribution is -2.02. The van der Waals surface area contributed by atoms with E-state index in [-0.39, 0.29) is 0 Å². The van der Waals surface area contributed by atoms with E-state index in [2.05, 4.69) is 92.3 Å². The summed E-state index contributed by atoms with van der Waals surface area (Å²) < 4.78 is 2.25. The lowest BCUT2D eigenvalue weighted by molar-refractivity contribution is 0.927. The zero-order chi connectivity index (χ0) is 23.9. The number of para-hydroxylation sites is 1. The van der Waals surface area contributed by atoms with Crippen LogP contribution in [0.4, 0.5) is 0 Å². The van der Waals surface area contributed by atoms with Crippen molar-refractivity contribution in [3.05, 3.63) is 108 Å². The molecule has 0 aliphatic carbocycles. The van der Waals surface area contributed by atoms with E-state index in [0.29, 0.717) is 28.6 Å². The van der Waals surface area contributed by atoms with Crippen molar-refractivity contribution in [3.8, 4) is 34.3 Å². The SMILES string of the molecule is Cc1nc(C)nc(-c2cc(-n3c4ccccc4c4ccc(-c5ccccc5)cc43)ccc2C#N)n1. The Labute approximate surface area is 203 Å². The summed E-state index contributed by atoms with van der Waals surface area (Å²) in [7, 11) is 0. The van der Waals surface area contributed by atoms with E-state index in [1.807, 2.05) is 38.1 Å². The van der Waals surface area contributed by atoms with Gasteiger partial charge in [-0.25, -0.2) is 15.0 Å². The molecule has 6 rings (SSSR count). The first kappa shape index (κ1) is 20.8. The molecule has 166 valence electrons. The molecule has 0 fully saturated rings. The van der Waals surface area contributed by atoms with Gasteiger partial charge >= 0.3 is 0 Å². The molecule has 0 atom stereocenters. The molecule has 0 radical (unpaired) electrons. The first-order chi connectivity index (χ1) is 17.1. The van der Waals surface area contributed by atoms with Crippen molar-refractivity contribution in [2.75, 3.05) is 0 Å². The average Bonchev–Trinajstić information content (AvgIpc) is 3.22. The van der Waals surface area contributed by atoms with E-state index in [1.54, 1.807) is 0 Å². The third-order valence-corrected chi connectivity index (χ3v) is 6.26. The predicted octanol–water partition coefficient (Wildman–Crippen LogP) is 6.79. The lowest BCUT2D eigenvalue weighted by atomic mass is 10.0. The maximum atomic E-state index is 9.82. The van der Waals surface area contributed by atoms with Crippen molar-refractivity contribution in [1.29, 1.82) is 5.26 Å². The quantitative estimate of drug-likeness (QED) is 0.297. The van der Waals surface area contributed by atoms with Gasteiger partial charge in [0.1, 0.15) is 11.6 Å². The van der Waals surface area contributed by atoms with Gasteiger partial charge in [0.15, 0.2) is 5.82 Å². The average molecular weight is 452 g/mol. The number of rotatable bonds is 3. The number of benzene rings is 4. The van der Waals surface area contributed by atoms with Gasteiger partial charge in [0.2, 0.25) is 0 Å². The van der Waals surface area contributed by atoms with Crippen LogP contribution in [0.2, 0.25) is 0 Å². The maximum absolute atomic E-state index is 9.82. The number of nitriles is 1. The molecule has 5 heteroatoms. The van der Waals surface area contributed by atoms with Gasteiger partial charge in [0.05, 0.1) is 22.7 Å². The summed E-state index contributed by atoms with van der Waals surface area (Å²) in [5, 5.41) is 12.2. The highest BCUT2D eigenvalue weighted by atomic mass is 15.0. The van der Waals surface area contributed by atoms with Crippen LogP contribution in [0, 0.1) is 25.2 Å². The minimum absolute atomic E-state index is 0.513. The Morgan fingerprint density at radius 2 is 1.37 bits per heavy atom. The van der Waals surface area contributed by atoms with Crippen LogP contribution in [-0.2, 0) is 0 Å². The second-order valence-electron chi connectivity index (χ2n) is 8.55. The molecule has 5 nitrogen and oxygen atoms in total. The van der Waals surface area contributed by atoms with Crippen molar-refractivity contribution in [3.63, 3.8) is 0 Å². The van der Waals surface area contributed by atoms with E-state index < -0.39 is 0 Å². The summed E-state index contributed by atoms with van der Waals surface area (Å²) in [5.41, 5.74) is 6.71. The molecular weight excluding hydrogens is 430 g/mol. The third-order valence-electron chi connectivity index (χ3n) is 6.26. The molecule has 2 aromatic heterocycles. The lowest BCUT2D eigenvalue weighted by Gasteiger charge is -2.12. The largest absolute Gasteiger partial charge is 0.309 e. The highest BCUT2D eigenvalue weighted by Crippen LogP contribution is 2.36. The Morgan fingerprint density at radius 3 is 2.14 bits per heavy atom. The molecule has 0 aliphatic heterocycles. The van der Waals surface area contributed by atoms with Crippen LogP contribution in [0.1, 0.15) is 17.2 Å². The Kier molecular flexibility index (Phi) is 4.86. The fourth-order valence-corrected chi connectivity index (χ4v) is 4.75. The molecule has 0 aliphatic rings. The predicted molar refractivity (Wildman–Crippen MR) is 139 cm³/mol. The summed E-state index contributed by atoms with van der Waals surface area (Å²) in [4.78, 5) is 13.4. The van der Waals surface area contributed by atoms with Crippen LogP contribution >= 0.6 is 0 Å². The minimum atomic E-state index is 0.513. The van der Waals surface area contributed by atoms with Crippen LogP contribution in [0.25, 0.3) is 50.0 Å². The smallest absolute Gasteiger partial charge is 0.164 e. The fourth-order valence-electron chi connectivity index (χ4n) is 4.75. The highest BCUT2D eigenvalue weighted by molar-refractivity contribution is 6.10. The second-order valence-corrected chi connectivity index (χ2v) is 8.55. The first-order valence-corrected chi connectivity index (χ1v) is 11.5. The van der Waals surface area contributed by atoms with Gasteiger partial charge in [0, 0.05) is 22.0 Å². The van der Waals surface area contributed by atoms with E-state index in [4.69, 9.17) is 0 Å². The van der Waals surface area contributed by atoms with E-state index in [9.17, 15) is 5.26 Å². The number of fused-ring (bicyclic) bond motifs is 3. The van der Waals surface area contributed by atoms with Crippen LogP contribution in [0.5, 0.6) is 0 Å². The summed E-state index contributed by atoms with van der Waals surface area (Å²) >= 11 is 0. The van der Waals surface area contributed by atoms with Gasteiger partial charge in [-0.3, -0.25) is 0 Å². The molecule has 0 unspecified atom stereocenters. The molecule has 0 amide bonds. The highest BCUT2D eigenvalue weighted by Gasteiger charge is 2.16. The molecule has 4 aromatic carbocycles. The van der Waals surface area contributed by atoms with Crippen molar-refractivity contribution >= 4 is 21.8 Å². The Hall–Kier alpha value is -4.82. The maximum Gasteiger partial charge on any atom is 0.164 e. The molecular formula is C30H21N5. The van der Waals surface area contributed by atoms with Gasteiger partial charge in [0.25, 0.3) is 0 Å². The molecule has 0 saturated carbocycles. The number of hydrogen-bond donors (Lipinski definition) is 0.